The highest BCUT2D eigenvalue weighted by Gasteiger charge is 2.21. The fourth-order valence-corrected chi connectivity index (χ4v) is 2.86. The van der Waals surface area contributed by atoms with E-state index in [2.05, 4.69) is 15.3 Å². The molecule has 8 heteroatoms. The van der Waals surface area contributed by atoms with E-state index in [0.29, 0.717) is 27.6 Å². The molecule has 0 unspecified atom stereocenters. The fraction of sp³-hybridized carbons (Fsp3) is 0.0833. The van der Waals surface area contributed by atoms with Crippen molar-refractivity contribution in [2.24, 2.45) is 5.73 Å². The standard InChI is InChI=1S/C12H11N5O2S/c1-15-12-16-8(5-3-2-4-19-5)6-7(13)9(10(14)18)20-11(6)17-12/h2-4H,13H2,1H3,(H2,14,18)(H,15,16,17). The van der Waals surface area contributed by atoms with Gasteiger partial charge >= 0.3 is 0 Å². The lowest BCUT2D eigenvalue weighted by molar-refractivity contribution is 0.100. The van der Waals surface area contributed by atoms with Crippen LogP contribution in [0.25, 0.3) is 21.7 Å². The van der Waals surface area contributed by atoms with Gasteiger partial charge in [-0.15, -0.1) is 11.3 Å². The molecule has 0 atom stereocenters. The summed E-state index contributed by atoms with van der Waals surface area (Å²) in [6, 6.07) is 3.52. The van der Waals surface area contributed by atoms with E-state index in [-0.39, 0.29) is 10.6 Å². The lowest BCUT2D eigenvalue weighted by Crippen LogP contribution is -2.10. The maximum atomic E-state index is 11.4. The van der Waals surface area contributed by atoms with E-state index >= 15 is 0 Å². The lowest BCUT2D eigenvalue weighted by Gasteiger charge is -2.04. The van der Waals surface area contributed by atoms with Gasteiger partial charge in [-0.05, 0) is 12.1 Å². The maximum Gasteiger partial charge on any atom is 0.260 e. The third kappa shape index (κ3) is 1.77. The van der Waals surface area contributed by atoms with Gasteiger partial charge < -0.3 is 21.2 Å². The van der Waals surface area contributed by atoms with Gasteiger partial charge in [0, 0.05) is 7.05 Å². The molecular weight excluding hydrogens is 278 g/mol. The normalized spacial score (nSPS) is 10.8. The van der Waals surface area contributed by atoms with Crippen LogP contribution in [0.2, 0.25) is 0 Å². The first-order valence-electron chi connectivity index (χ1n) is 5.73. The Kier molecular flexibility index (Phi) is 2.79. The van der Waals surface area contributed by atoms with Crippen LogP contribution in [0.1, 0.15) is 9.67 Å². The van der Waals surface area contributed by atoms with E-state index in [1.807, 2.05) is 0 Å². The highest BCUT2D eigenvalue weighted by molar-refractivity contribution is 7.21. The highest BCUT2D eigenvalue weighted by atomic mass is 32.1. The number of furan rings is 1. The average Bonchev–Trinajstić information content (AvgIpc) is 3.06. The maximum absolute atomic E-state index is 11.4. The van der Waals surface area contributed by atoms with E-state index in [1.165, 1.54) is 0 Å². The number of nitrogens with zero attached hydrogens (tertiary/aromatic N) is 2. The van der Waals surface area contributed by atoms with E-state index in [9.17, 15) is 4.79 Å². The zero-order valence-corrected chi connectivity index (χ0v) is 11.3. The van der Waals surface area contributed by atoms with Gasteiger partial charge in [-0.1, -0.05) is 0 Å². The smallest absolute Gasteiger partial charge is 0.260 e. The topological polar surface area (TPSA) is 120 Å². The molecule has 3 rings (SSSR count). The Hall–Kier alpha value is -2.61. The molecule has 0 saturated heterocycles. The molecule has 7 nitrogen and oxygen atoms in total. The second-order valence-electron chi connectivity index (χ2n) is 4.01. The third-order valence-corrected chi connectivity index (χ3v) is 3.90. The summed E-state index contributed by atoms with van der Waals surface area (Å²) in [5.74, 6) is 0.387. The molecule has 20 heavy (non-hydrogen) atoms. The Morgan fingerprint density at radius 3 is 2.85 bits per heavy atom. The van der Waals surface area contributed by atoms with Gasteiger partial charge in [0.15, 0.2) is 5.76 Å². The Bertz CT molecular complexity index is 794. The number of hydrogen-bond donors (Lipinski definition) is 3. The van der Waals surface area contributed by atoms with Crippen LogP contribution >= 0.6 is 11.3 Å². The molecule has 0 spiro atoms. The van der Waals surface area contributed by atoms with Crippen molar-refractivity contribution in [3.63, 3.8) is 0 Å². The molecule has 102 valence electrons. The number of nitrogens with two attached hydrogens (primary N) is 2. The number of rotatable bonds is 3. The van der Waals surface area contributed by atoms with Crippen molar-refractivity contribution in [3.8, 4) is 11.5 Å². The summed E-state index contributed by atoms with van der Waals surface area (Å²) < 4.78 is 5.37. The fourth-order valence-electron chi connectivity index (χ4n) is 1.91. The molecule has 3 aromatic rings. The molecule has 0 aliphatic heterocycles. The van der Waals surface area contributed by atoms with Crippen molar-refractivity contribution in [2.75, 3.05) is 18.1 Å². The summed E-state index contributed by atoms with van der Waals surface area (Å²) in [6.07, 6.45) is 1.54. The number of aromatic nitrogens is 2. The van der Waals surface area contributed by atoms with Gasteiger partial charge in [0.1, 0.15) is 15.4 Å². The number of thiophene rings is 1. The largest absolute Gasteiger partial charge is 0.463 e. The number of nitrogen functional groups attached to an aromatic ring is 1. The van der Waals surface area contributed by atoms with Gasteiger partial charge in [-0.25, -0.2) is 9.97 Å². The SMILES string of the molecule is CNc1nc(-c2ccco2)c2c(N)c(C(N)=O)sc2n1. The van der Waals surface area contributed by atoms with Crippen molar-refractivity contribution in [3.05, 3.63) is 23.3 Å². The van der Waals surface area contributed by atoms with Crippen molar-refractivity contribution in [1.82, 2.24) is 9.97 Å². The van der Waals surface area contributed by atoms with Crippen LogP contribution in [0.5, 0.6) is 0 Å². The first-order valence-corrected chi connectivity index (χ1v) is 6.55. The average molecular weight is 289 g/mol. The molecule has 0 aliphatic carbocycles. The zero-order chi connectivity index (χ0) is 14.3. The van der Waals surface area contributed by atoms with Gasteiger partial charge in [0.05, 0.1) is 17.3 Å². The molecule has 1 amide bonds. The molecule has 0 radical (unpaired) electrons. The second-order valence-corrected chi connectivity index (χ2v) is 5.01. The van der Waals surface area contributed by atoms with E-state index in [1.54, 1.807) is 25.4 Å². The van der Waals surface area contributed by atoms with Gasteiger partial charge in [-0.3, -0.25) is 4.79 Å². The summed E-state index contributed by atoms with van der Waals surface area (Å²) >= 11 is 1.14. The minimum Gasteiger partial charge on any atom is -0.463 e. The number of anilines is 2. The van der Waals surface area contributed by atoms with Crippen molar-refractivity contribution >= 4 is 39.1 Å². The summed E-state index contributed by atoms with van der Waals surface area (Å²) in [6.45, 7) is 0. The second kappa shape index (κ2) is 4.49. The van der Waals surface area contributed by atoms with E-state index < -0.39 is 5.91 Å². The molecule has 0 aromatic carbocycles. The van der Waals surface area contributed by atoms with Gasteiger partial charge in [0.25, 0.3) is 5.91 Å². The number of carbonyl (C=O) groups is 1. The molecule has 3 heterocycles. The summed E-state index contributed by atoms with van der Waals surface area (Å²) in [5, 5.41) is 3.45. The van der Waals surface area contributed by atoms with Crippen molar-refractivity contribution in [1.29, 1.82) is 0 Å². The molecule has 0 bridgehead atoms. The van der Waals surface area contributed by atoms with Crippen LogP contribution in [0.4, 0.5) is 11.6 Å². The number of nitrogens with one attached hydrogen (secondary N) is 1. The Labute approximate surface area is 117 Å². The minimum atomic E-state index is -0.582. The molecule has 0 aliphatic rings. The first-order chi connectivity index (χ1) is 9.61. The summed E-state index contributed by atoms with van der Waals surface area (Å²) in [5.41, 5.74) is 12.1. The van der Waals surface area contributed by atoms with Gasteiger partial charge in [-0.2, -0.15) is 0 Å². The third-order valence-electron chi connectivity index (χ3n) is 2.79. The summed E-state index contributed by atoms with van der Waals surface area (Å²) in [7, 11) is 1.71. The van der Waals surface area contributed by atoms with Crippen molar-refractivity contribution < 1.29 is 9.21 Å². The van der Waals surface area contributed by atoms with Gasteiger partial charge in [0.2, 0.25) is 5.95 Å². The molecule has 3 aromatic heterocycles. The van der Waals surface area contributed by atoms with E-state index in [0.717, 1.165) is 11.3 Å². The lowest BCUT2D eigenvalue weighted by atomic mass is 10.2. The first kappa shape index (κ1) is 12.4. The number of amides is 1. The van der Waals surface area contributed by atoms with Crippen LogP contribution in [0.15, 0.2) is 22.8 Å². The minimum absolute atomic E-state index is 0.273. The van der Waals surface area contributed by atoms with Crippen LogP contribution in [-0.2, 0) is 0 Å². The Morgan fingerprint density at radius 2 is 2.25 bits per heavy atom. The van der Waals surface area contributed by atoms with Crippen LogP contribution in [0, 0.1) is 0 Å². The molecule has 0 saturated carbocycles. The zero-order valence-electron chi connectivity index (χ0n) is 10.5. The predicted molar refractivity (Wildman–Crippen MR) is 77.6 cm³/mol. The van der Waals surface area contributed by atoms with Crippen LogP contribution < -0.4 is 16.8 Å². The summed E-state index contributed by atoms with van der Waals surface area (Å²) in [4.78, 5) is 20.9. The molecule has 0 fully saturated rings. The monoisotopic (exact) mass is 289 g/mol. The number of hydrogen-bond acceptors (Lipinski definition) is 7. The Morgan fingerprint density at radius 1 is 1.45 bits per heavy atom. The van der Waals surface area contributed by atoms with Crippen molar-refractivity contribution in [2.45, 2.75) is 0 Å². The van der Waals surface area contributed by atoms with Crippen LogP contribution in [-0.4, -0.2) is 22.9 Å². The molecule has 5 N–H and O–H groups in total. The number of carbonyl (C=O) groups excluding carboxylic acids is 1. The van der Waals surface area contributed by atoms with Crippen LogP contribution in [0.3, 0.4) is 0 Å². The van der Waals surface area contributed by atoms with E-state index in [4.69, 9.17) is 15.9 Å². The quantitative estimate of drug-likeness (QED) is 0.674. The Balaban J connectivity index is 2.39. The molecular formula is C12H11N5O2S. The number of primary amides is 1. The number of fused-ring (bicyclic) bond motifs is 1. The predicted octanol–water partition coefficient (Wildman–Crippen LogP) is 1.67. The highest BCUT2D eigenvalue weighted by Crippen LogP contribution is 2.38.